The zero-order valence-electron chi connectivity index (χ0n) is 10.1. The molecule has 0 saturated carbocycles. The Morgan fingerprint density at radius 3 is 3.00 bits per heavy atom. The lowest BCUT2D eigenvalue weighted by Gasteiger charge is -2.10. The van der Waals surface area contributed by atoms with Gasteiger partial charge in [-0.1, -0.05) is 5.16 Å². The number of aryl methyl sites for hydroxylation is 1. The minimum absolute atomic E-state index is 0.126. The molecule has 0 fully saturated rings. The van der Waals surface area contributed by atoms with Crippen molar-refractivity contribution in [1.82, 2.24) is 15.5 Å². The molecule has 1 amide bonds. The highest BCUT2D eigenvalue weighted by Gasteiger charge is 2.12. The summed E-state index contributed by atoms with van der Waals surface area (Å²) in [5.74, 6) is 1.89. The molecule has 96 valence electrons. The van der Waals surface area contributed by atoms with Gasteiger partial charge in [0.1, 0.15) is 0 Å². The molecule has 1 aromatic rings. The monoisotopic (exact) mass is 258 g/mol. The van der Waals surface area contributed by atoms with Crippen LogP contribution in [0.3, 0.4) is 0 Å². The van der Waals surface area contributed by atoms with Crippen molar-refractivity contribution in [2.24, 2.45) is 5.73 Å². The van der Waals surface area contributed by atoms with E-state index in [1.165, 1.54) is 0 Å². The molecular weight excluding hydrogens is 240 g/mol. The number of carbonyl (C=O) groups excluding carboxylic acids is 1. The van der Waals surface area contributed by atoms with Gasteiger partial charge in [-0.2, -0.15) is 16.7 Å². The first-order valence-corrected chi connectivity index (χ1v) is 6.84. The summed E-state index contributed by atoms with van der Waals surface area (Å²) >= 11 is 1.68. The SMILES string of the molecule is CSCC[C@H](N)C(=O)NCCc1noc(C)n1. The van der Waals surface area contributed by atoms with Crippen molar-refractivity contribution in [2.45, 2.75) is 25.8 Å². The van der Waals surface area contributed by atoms with Crippen LogP contribution in [0, 0.1) is 6.92 Å². The van der Waals surface area contributed by atoms with E-state index in [2.05, 4.69) is 15.5 Å². The molecule has 7 heteroatoms. The van der Waals surface area contributed by atoms with E-state index in [-0.39, 0.29) is 5.91 Å². The molecule has 0 aliphatic rings. The van der Waals surface area contributed by atoms with Gasteiger partial charge in [0.05, 0.1) is 6.04 Å². The fraction of sp³-hybridized carbons (Fsp3) is 0.700. The van der Waals surface area contributed by atoms with Crippen LogP contribution in [0.15, 0.2) is 4.52 Å². The molecule has 0 saturated heterocycles. The number of hydrogen-bond acceptors (Lipinski definition) is 6. The molecule has 3 N–H and O–H groups in total. The topological polar surface area (TPSA) is 94.0 Å². The van der Waals surface area contributed by atoms with Gasteiger partial charge in [0.2, 0.25) is 11.8 Å². The second kappa shape index (κ2) is 7.29. The van der Waals surface area contributed by atoms with Crippen LogP contribution in [0.5, 0.6) is 0 Å². The first kappa shape index (κ1) is 14.0. The van der Waals surface area contributed by atoms with Crippen molar-refractivity contribution in [1.29, 1.82) is 0 Å². The first-order chi connectivity index (χ1) is 8.13. The summed E-state index contributed by atoms with van der Waals surface area (Å²) in [6.45, 7) is 2.21. The Labute approximate surface area is 105 Å². The average molecular weight is 258 g/mol. The van der Waals surface area contributed by atoms with Crippen LogP contribution in [0.1, 0.15) is 18.1 Å². The number of nitrogens with one attached hydrogen (secondary N) is 1. The van der Waals surface area contributed by atoms with Crippen molar-refractivity contribution in [3.05, 3.63) is 11.7 Å². The van der Waals surface area contributed by atoms with Gasteiger partial charge in [-0.15, -0.1) is 0 Å². The number of nitrogens with two attached hydrogens (primary N) is 1. The number of carbonyl (C=O) groups is 1. The average Bonchev–Trinajstić information content (AvgIpc) is 2.71. The number of rotatable bonds is 7. The lowest BCUT2D eigenvalue weighted by Crippen LogP contribution is -2.41. The van der Waals surface area contributed by atoms with E-state index < -0.39 is 6.04 Å². The third-order valence-electron chi connectivity index (χ3n) is 2.19. The van der Waals surface area contributed by atoms with Gasteiger partial charge in [-0.05, 0) is 18.4 Å². The summed E-state index contributed by atoms with van der Waals surface area (Å²) in [5.41, 5.74) is 5.71. The predicted octanol–water partition coefficient (Wildman–Crippen LogP) is 0.117. The highest BCUT2D eigenvalue weighted by molar-refractivity contribution is 7.98. The third kappa shape index (κ3) is 5.18. The number of aromatic nitrogens is 2. The standard InChI is InChI=1S/C10H18N4O2S/c1-7-13-9(14-16-7)3-5-12-10(15)8(11)4-6-17-2/h8H,3-6,11H2,1-2H3,(H,12,15)/t8-/m0/s1. The highest BCUT2D eigenvalue weighted by atomic mass is 32.2. The van der Waals surface area contributed by atoms with Crippen molar-refractivity contribution < 1.29 is 9.32 Å². The molecule has 1 aromatic heterocycles. The van der Waals surface area contributed by atoms with Gasteiger partial charge in [-0.25, -0.2) is 0 Å². The van der Waals surface area contributed by atoms with Crippen molar-refractivity contribution >= 4 is 17.7 Å². The Morgan fingerprint density at radius 2 is 2.41 bits per heavy atom. The zero-order valence-corrected chi connectivity index (χ0v) is 10.9. The summed E-state index contributed by atoms with van der Waals surface area (Å²) in [6.07, 6.45) is 3.23. The van der Waals surface area contributed by atoms with Gasteiger partial charge >= 0.3 is 0 Å². The predicted molar refractivity (Wildman–Crippen MR) is 66.7 cm³/mol. The Kier molecular flexibility index (Phi) is 5.99. The molecule has 0 bridgehead atoms. The van der Waals surface area contributed by atoms with Crippen molar-refractivity contribution in [3.8, 4) is 0 Å². The van der Waals surface area contributed by atoms with Crippen LogP contribution in [0.25, 0.3) is 0 Å². The normalized spacial score (nSPS) is 12.4. The molecule has 0 radical (unpaired) electrons. The van der Waals surface area contributed by atoms with Crippen LogP contribution in [0.4, 0.5) is 0 Å². The van der Waals surface area contributed by atoms with Gasteiger partial charge in [-0.3, -0.25) is 4.79 Å². The van der Waals surface area contributed by atoms with E-state index in [1.807, 2.05) is 6.26 Å². The Bertz CT molecular complexity index is 356. The lowest BCUT2D eigenvalue weighted by molar-refractivity contribution is -0.122. The second-order valence-electron chi connectivity index (χ2n) is 3.66. The summed E-state index contributed by atoms with van der Waals surface area (Å²) < 4.78 is 4.82. The largest absolute Gasteiger partial charge is 0.354 e. The van der Waals surface area contributed by atoms with Crippen LogP contribution in [-0.2, 0) is 11.2 Å². The van der Waals surface area contributed by atoms with E-state index in [0.29, 0.717) is 31.1 Å². The van der Waals surface area contributed by atoms with Crippen LogP contribution in [-0.4, -0.2) is 40.6 Å². The van der Waals surface area contributed by atoms with Gasteiger partial charge < -0.3 is 15.6 Å². The quantitative estimate of drug-likeness (QED) is 0.721. The molecule has 6 nitrogen and oxygen atoms in total. The Balaban J connectivity index is 2.19. The summed E-state index contributed by atoms with van der Waals surface area (Å²) in [7, 11) is 0. The van der Waals surface area contributed by atoms with Crippen molar-refractivity contribution in [3.63, 3.8) is 0 Å². The smallest absolute Gasteiger partial charge is 0.236 e. The van der Waals surface area contributed by atoms with Crippen molar-refractivity contribution in [2.75, 3.05) is 18.6 Å². The van der Waals surface area contributed by atoms with E-state index >= 15 is 0 Å². The molecule has 0 aliphatic heterocycles. The molecule has 0 aliphatic carbocycles. The molecule has 0 aromatic carbocycles. The van der Waals surface area contributed by atoms with E-state index in [4.69, 9.17) is 10.3 Å². The van der Waals surface area contributed by atoms with Gasteiger partial charge in [0.15, 0.2) is 5.82 Å². The first-order valence-electron chi connectivity index (χ1n) is 5.45. The van der Waals surface area contributed by atoms with Crippen LogP contribution in [0.2, 0.25) is 0 Å². The van der Waals surface area contributed by atoms with Crippen LogP contribution < -0.4 is 11.1 Å². The maximum atomic E-state index is 11.5. The van der Waals surface area contributed by atoms with Crippen LogP contribution >= 0.6 is 11.8 Å². The maximum Gasteiger partial charge on any atom is 0.236 e. The van der Waals surface area contributed by atoms with Gasteiger partial charge in [0, 0.05) is 19.9 Å². The van der Waals surface area contributed by atoms with Gasteiger partial charge in [0.25, 0.3) is 0 Å². The number of nitrogens with zero attached hydrogens (tertiary/aromatic N) is 2. The fourth-order valence-electron chi connectivity index (χ4n) is 1.25. The maximum absolute atomic E-state index is 11.5. The third-order valence-corrected chi connectivity index (χ3v) is 2.83. The Morgan fingerprint density at radius 1 is 1.65 bits per heavy atom. The fourth-order valence-corrected chi connectivity index (χ4v) is 1.74. The second-order valence-corrected chi connectivity index (χ2v) is 4.64. The summed E-state index contributed by atoms with van der Waals surface area (Å²) in [5, 5.41) is 6.49. The highest BCUT2D eigenvalue weighted by Crippen LogP contribution is 1.99. The molecular formula is C10H18N4O2S. The molecule has 0 spiro atoms. The molecule has 0 unspecified atom stereocenters. The van der Waals surface area contributed by atoms with E-state index in [1.54, 1.807) is 18.7 Å². The molecule has 1 rings (SSSR count). The minimum atomic E-state index is -0.436. The van der Waals surface area contributed by atoms with E-state index in [0.717, 1.165) is 5.75 Å². The number of thioether (sulfide) groups is 1. The Hall–Kier alpha value is -1.08. The molecule has 1 atom stereocenters. The van der Waals surface area contributed by atoms with E-state index in [9.17, 15) is 4.79 Å². The summed E-state index contributed by atoms with van der Waals surface area (Å²) in [4.78, 5) is 15.6. The molecule has 1 heterocycles. The molecule has 17 heavy (non-hydrogen) atoms. The minimum Gasteiger partial charge on any atom is -0.354 e. The number of amides is 1. The number of hydrogen-bond donors (Lipinski definition) is 2. The lowest BCUT2D eigenvalue weighted by atomic mass is 10.2. The summed E-state index contributed by atoms with van der Waals surface area (Å²) in [6, 6.07) is -0.436. The zero-order chi connectivity index (χ0) is 12.7.